The van der Waals surface area contributed by atoms with Crippen molar-refractivity contribution in [3.63, 3.8) is 0 Å². The van der Waals surface area contributed by atoms with Crippen LogP contribution >= 0.6 is 0 Å². The van der Waals surface area contributed by atoms with Crippen molar-refractivity contribution in [1.29, 1.82) is 0 Å². The second-order valence-corrected chi connectivity index (χ2v) is 7.26. The Morgan fingerprint density at radius 2 is 1.81 bits per heavy atom. The van der Waals surface area contributed by atoms with Crippen LogP contribution in [0.25, 0.3) is 10.9 Å². The van der Waals surface area contributed by atoms with E-state index in [9.17, 15) is 4.79 Å². The molecule has 1 amide bonds. The molecule has 0 bridgehead atoms. The average molecular weight is 349 g/mol. The van der Waals surface area contributed by atoms with Crippen molar-refractivity contribution in [1.82, 2.24) is 9.88 Å². The lowest BCUT2D eigenvalue weighted by Gasteiger charge is -2.09. The van der Waals surface area contributed by atoms with Gasteiger partial charge in [-0.1, -0.05) is 38.1 Å². The first-order chi connectivity index (χ1) is 12.5. The Morgan fingerprint density at radius 1 is 1.08 bits per heavy atom. The molecular formula is C22H27N3O. The molecule has 4 nitrogen and oxygen atoms in total. The highest BCUT2D eigenvalue weighted by Gasteiger charge is 2.06. The van der Waals surface area contributed by atoms with E-state index in [2.05, 4.69) is 54.2 Å². The minimum atomic E-state index is -0.391. The van der Waals surface area contributed by atoms with E-state index < -0.39 is 5.91 Å². The van der Waals surface area contributed by atoms with Gasteiger partial charge in [0.2, 0.25) is 5.91 Å². The van der Waals surface area contributed by atoms with Gasteiger partial charge in [0.1, 0.15) is 0 Å². The number of fused-ring (bicyclic) bond motifs is 1. The van der Waals surface area contributed by atoms with Crippen molar-refractivity contribution in [3.05, 3.63) is 71.4 Å². The number of carbonyl (C=O) groups is 1. The van der Waals surface area contributed by atoms with E-state index in [-0.39, 0.29) is 0 Å². The van der Waals surface area contributed by atoms with Gasteiger partial charge in [0.05, 0.1) is 0 Å². The largest absolute Gasteiger partial charge is 0.366 e. The summed E-state index contributed by atoms with van der Waals surface area (Å²) in [4.78, 5) is 11.3. The van der Waals surface area contributed by atoms with Crippen molar-refractivity contribution in [2.45, 2.75) is 33.4 Å². The van der Waals surface area contributed by atoms with Crippen molar-refractivity contribution < 1.29 is 4.79 Å². The summed E-state index contributed by atoms with van der Waals surface area (Å²) >= 11 is 0. The van der Waals surface area contributed by atoms with E-state index in [1.165, 1.54) is 17.5 Å². The fourth-order valence-corrected chi connectivity index (χ4v) is 3.07. The molecule has 136 valence electrons. The molecular weight excluding hydrogens is 322 g/mol. The van der Waals surface area contributed by atoms with Crippen molar-refractivity contribution in [3.8, 4) is 0 Å². The number of amides is 1. The summed E-state index contributed by atoms with van der Waals surface area (Å²) in [6, 6.07) is 16.4. The quantitative estimate of drug-likeness (QED) is 0.606. The average Bonchev–Trinajstić information content (AvgIpc) is 3.02. The molecule has 0 aliphatic carbocycles. The third-order valence-corrected chi connectivity index (χ3v) is 4.66. The molecule has 0 fully saturated rings. The zero-order chi connectivity index (χ0) is 18.5. The lowest BCUT2D eigenvalue weighted by Crippen LogP contribution is -2.16. The molecule has 0 saturated heterocycles. The van der Waals surface area contributed by atoms with Crippen LogP contribution < -0.4 is 11.1 Å². The molecule has 0 spiro atoms. The summed E-state index contributed by atoms with van der Waals surface area (Å²) in [7, 11) is 0. The summed E-state index contributed by atoms with van der Waals surface area (Å²) in [5.74, 6) is 0.345. The van der Waals surface area contributed by atoms with Crippen LogP contribution in [0.2, 0.25) is 0 Å². The molecule has 3 aromatic rings. The molecule has 3 N–H and O–H groups in total. The summed E-state index contributed by atoms with van der Waals surface area (Å²) < 4.78 is 2.19. The molecule has 0 aliphatic heterocycles. The Labute approximate surface area is 155 Å². The van der Waals surface area contributed by atoms with Crippen LogP contribution in [-0.2, 0) is 13.1 Å². The highest BCUT2D eigenvalue weighted by Crippen LogP contribution is 2.19. The van der Waals surface area contributed by atoms with Gasteiger partial charge in [-0.3, -0.25) is 4.79 Å². The van der Waals surface area contributed by atoms with Crippen LogP contribution in [0.15, 0.2) is 54.7 Å². The standard InChI is InChI=1S/C22H27N3O/c1-16(2)9-11-24-14-17-3-5-18(6-4-17)15-25-12-10-19-13-20(22(23)26)7-8-21(19)25/h3-8,10,12-13,16,24H,9,11,14-15H2,1-2H3,(H2,23,26). The predicted octanol–water partition coefficient (Wildman–Crippen LogP) is 3.92. The van der Waals surface area contributed by atoms with Gasteiger partial charge in [0.15, 0.2) is 0 Å². The van der Waals surface area contributed by atoms with Crippen molar-refractivity contribution in [2.24, 2.45) is 11.7 Å². The topological polar surface area (TPSA) is 60.1 Å². The smallest absolute Gasteiger partial charge is 0.248 e. The van der Waals surface area contributed by atoms with Crippen molar-refractivity contribution >= 4 is 16.8 Å². The SMILES string of the molecule is CC(C)CCNCc1ccc(Cn2ccc3cc(C(N)=O)ccc32)cc1. The lowest BCUT2D eigenvalue weighted by atomic mass is 10.1. The number of hydrogen-bond acceptors (Lipinski definition) is 2. The lowest BCUT2D eigenvalue weighted by molar-refractivity contribution is 0.100. The highest BCUT2D eigenvalue weighted by molar-refractivity contribution is 5.97. The Kier molecular flexibility index (Phi) is 5.74. The number of nitrogens with one attached hydrogen (secondary N) is 1. The first-order valence-electron chi connectivity index (χ1n) is 9.20. The Balaban J connectivity index is 1.64. The van der Waals surface area contributed by atoms with E-state index >= 15 is 0 Å². The maximum absolute atomic E-state index is 11.3. The van der Waals surface area contributed by atoms with Gasteiger partial charge in [0.25, 0.3) is 0 Å². The van der Waals surface area contributed by atoms with Gasteiger partial charge in [0, 0.05) is 35.8 Å². The summed E-state index contributed by atoms with van der Waals surface area (Å²) in [6.07, 6.45) is 3.26. The number of primary amides is 1. The Bertz CT molecular complexity index is 878. The fourth-order valence-electron chi connectivity index (χ4n) is 3.07. The molecule has 1 heterocycles. The molecule has 2 aromatic carbocycles. The summed E-state index contributed by atoms with van der Waals surface area (Å²) in [5.41, 5.74) is 9.57. The van der Waals surface area contributed by atoms with Crippen LogP contribution in [0.3, 0.4) is 0 Å². The third kappa shape index (κ3) is 4.52. The number of nitrogens with zero attached hydrogens (tertiary/aromatic N) is 1. The van der Waals surface area contributed by atoms with E-state index in [1.54, 1.807) is 6.07 Å². The molecule has 0 aliphatic rings. The van der Waals surface area contributed by atoms with Crippen molar-refractivity contribution in [2.75, 3.05) is 6.54 Å². The first kappa shape index (κ1) is 18.2. The van der Waals surface area contributed by atoms with Gasteiger partial charge in [-0.2, -0.15) is 0 Å². The zero-order valence-corrected chi connectivity index (χ0v) is 15.5. The number of carbonyl (C=O) groups excluding carboxylic acids is 1. The zero-order valence-electron chi connectivity index (χ0n) is 15.5. The highest BCUT2D eigenvalue weighted by atomic mass is 16.1. The fraction of sp³-hybridized carbons (Fsp3) is 0.318. The summed E-state index contributed by atoms with van der Waals surface area (Å²) in [6.45, 7) is 7.27. The van der Waals surface area contributed by atoms with Gasteiger partial charge in [-0.25, -0.2) is 0 Å². The molecule has 4 heteroatoms. The maximum Gasteiger partial charge on any atom is 0.248 e. The number of nitrogens with two attached hydrogens (primary N) is 1. The van der Waals surface area contributed by atoms with Gasteiger partial charge < -0.3 is 15.6 Å². The normalized spacial score (nSPS) is 11.3. The monoisotopic (exact) mass is 349 g/mol. The summed E-state index contributed by atoms with van der Waals surface area (Å²) in [5, 5.41) is 4.53. The van der Waals surface area contributed by atoms with Crippen LogP contribution in [0.5, 0.6) is 0 Å². The molecule has 26 heavy (non-hydrogen) atoms. The Hall–Kier alpha value is -2.59. The molecule has 0 radical (unpaired) electrons. The van der Waals surface area contributed by atoms with Crippen LogP contribution in [0, 0.1) is 5.92 Å². The maximum atomic E-state index is 11.3. The molecule has 3 rings (SSSR count). The minimum Gasteiger partial charge on any atom is -0.366 e. The number of hydrogen-bond donors (Lipinski definition) is 2. The number of benzene rings is 2. The minimum absolute atomic E-state index is 0.391. The van der Waals surface area contributed by atoms with Crippen LogP contribution in [-0.4, -0.2) is 17.0 Å². The van der Waals surface area contributed by atoms with E-state index in [0.717, 1.165) is 36.5 Å². The predicted molar refractivity (Wildman–Crippen MR) is 107 cm³/mol. The third-order valence-electron chi connectivity index (χ3n) is 4.66. The molecule has 0 unspecified atom stereocenters. The Morgan fingerprint density at radius 3 is 2.50 bits per heavy atom. The van der Waals surface area contributed by atoms with E-state index in [4.69, 9.17) is 5.73 Å². The molecule has 0 atom stereocenters. The van der Waals surface area contributed by atoms with Gasteiger partial charge in [-0.05, 0) is 54.3 Å². The van der Waals surface area contributed by atoms with Gasteiger partial charge in [-0.15, -0.1) is 0 Å². The second kappa shape index (κ2) is 8.19. The van der Waals surface area contributed by atoms with E-state index in [1.807, 2.05) is 18.2 Å². The van der Waals surface area contributed by atoms with Crippen LogP contribution in [0.1, 0.15) is 41.8 Å². The first-order valence-corrected chi connectivity index (χ1v) is 9.20. The van der Waals surface area contributed by atoms with Gasteiger partial charge >= 0.3 is 0 Å². The molecule has 1 aromatic heterocycles. The number of aromatic nitrogens is 1. The second-order valence-electron chi connectivity index (χ2n) is 7.26. The van der Waals surface area contributed by atoms with Crippen LogP contribution in [0.4, 0.5) is 0 Å². The molecule has 0 saturated carbocycles. The van der Waals surface area contributed by atoms with E-state index in [0.29, 0.717) is 5.56 Å². The number of rotatable bonds is 8.